The normalized spacial score (nSPS) is 22.2. The van der Waals surface area contributed by atoms with Gasteiger partial charge in [-0.05, 0) is 35.4 Å². The second-order valence-electron chi connectivity index (χ2n) is 6.87. The number of aliphatic hydroxyl groups is 1. The highest BCUT2D eigenvalue weighted by molar-refractivity contribution is 5.77. The number of carbonyl (C=O) groups excluding carboxylic acids is 1. The van der Waals surface area contributed by atoms with E-state index in [0.717, 1.165) is 30.6 Å². The highest BCUT2D eigenvalue weighted by Gasteiger charge is 2.28. The predicted octanol–water partition coefficient (Wildman–Crippen LogP) is 2.79. The van der Waals surface area contributed by atoms with Crippen molar-refractivity contribution in [1.82, 2.24) is 4.90 Å². The SMILES string of the molecule is CC(C)CC(=O)N1Cc2ccc(C(O)C3CCCO3)cc2C1. The van der Waals surface area contributed by atoms with Crippen molar-refractivity contribution in [3.05, 3.63) is 34.9 Å². The Labute approximate surface area is 132 Å². The third kappa shape index (κ3) is 3.18. The van der Waals surface area contributed by atoms with Crippen LogP contribution in [-0.2, 0) is 22.6 Å². The van der Waals surface area contributed by atoms with Gasteiger partial charge in [0.15, 0.2) is 0 Å². The predicted molar refractivity (Wildman–Crippen MR) is 84.1 cm³/mol. The molecule has 0 bridgehead atoms. The molecule has 1 aromatic carbocycles. The van der Waals surface area contributed by atoms with Gasteiger partial charge in [-0.15, -0.1) is 0 Å². The minimum absolute atomic E-state index is 0.0851. The van der Waals surface area contributed by atoms with Gasteiger partial charge in [-0.2, -0.15) is 0 Å². The maximum atomic E-state index is 12.2. The van der Waals surface area contributed by atoms with Crippen LogP contribution >= 0.6 is 0 Å². The number of fused-ring (bicyclic) bond motifs is 1. The van der Waals surface area contributed by atoms with E-state index in [1.165, 1.54) is 5.56 Å². The standard InChI is InChI=1S/C18H25NO3/c1-12(2)8-17(20)19-10-14-6-5-13(9-15(14)11-19)18(21)16-4-3-7-22-16/h5-6,9,12,16,18,21H,3-4,7-8,10-11H2,1-2H3. The van der Waals surface area contributed by atoms with E-state index in [9.17, 15) is 9.90 Å². The summed E-state index contributed by atoms with van der Waals surface area (Å²) in [6.07, 6.45) is 1.88. The van der Waals surface area contributed by atoms with E-state index >= 15 is 0 Å². The maximum Gasteiger partial charge on any atom is 0.223 e. The third-order valence-electron chi connectivity index (χ3n) is 4.55. The fourth-order valence-corrected chi connectivity index (χ4v) is 3.32. The van der Waals surface area contributed by atoms with Crippen molar-refractivity contribution in [2.24, 2.45) is 5.92 Å². The maximum absolute atomic E-state index is 12.2. The van der Waals surface area contributed by atoms with Crippen molar-refractivity contribution in [2.45, 2.75) is 58.4 Å². The summed E-state index contributed by atoms with van der Waals surface area (Å²) in [6, 6.07) is 6.07. The minimum Gasteiger partial charge on any atom is -0.386 e. The van der Waals surface area contributed by atoms with Crippen molar-refractivity contribution in [1.29, 1.82) is 0 Å². The molecule has 2 aliphatic heterocycles. The van der Waals surface area contributed by atoms with Crippen LogP contribution in [0, 0.1) is 5.92 Å². The summed E-state index contributed by atoms with van der Waals surface area (Å²) in [5.74, 6) is 0.598. The van der Waals surface area contributed by atoms with Crippen LogP contribution in [0.3, 0.4) is 0 Å². The molecule has 1 aromatic rings. The molecule has 1 amide bonds. The van der Waals surface area contributed by atoms with Crippen LogP contribution in [-0.4, -0.2) is 28.6 Å². The molecular formula is C18H25NO3. The summed E-state index contributed by atoms with van der Waals surface area (Å²) in [5, 5.41) is 10.4. The number of hydrogen-bond donors (Lipinski definition) is 1. The monoisotopic (exact) mass is 303 g/mol. The summed E-state index contributed by atoms with van der Waals surface area (Å²) < 4.78 is 5.58. The first-order valence-electron chi connectivity index (χ1n) is 8.23. The van der Waals surface area contributed by atoms with Crippen LogP contribution < -0.4 is 0 Å². The van der Waals surface area contributed by atoms with Crippen molar-refractivity contribution in [2.75, 3.05) is 6.61 Å². The summed E-state index contributed by atoms with van der Waals surface area (Å²) in [5.41, 5.74) is 3.26. The Balaban J connectivity index is 1.70. The Kier molecular flexibility index (Phi) is 4.50. The number of nitrogens with zero attached hydrogens (tertiary/aromatic N) is 1. The average Bonchev–Trinajstić information content (AvgIpc) is 3.14. The molecule has 0 aliphatic carbocycles. The van der Waals surface area contributed by atoms with Crippen molar-refractivity contribution in [3.8, 4) is 0 Å². The van der Waals surface area contributed by atoms with Crippen LogP contribution in [0.4, 0.5) is 0 Å². The molecule has 4 nitrogen and oxygen atoms in total. The molecule has 0 saturated carbocycles. The van der Waals surface area contributed by atoms with Gasteiger partial charge >= 0.3 is 0 Å². The van der Waals surface area contributed by atoms with E-state index in [0.29, 0.717) is 25.4 Å². The average molecular weight is 303 g/mol. The van der Waals surface area contributed by atoms with E-state index in [1.54, 1.807) is 0 Å². The van der Waals surface area contributed by atoms with E-state index < -0.39 is 6.10 Å². The molecule has 2 atom stereocenters. The number of hydrogen-bond acceptors (Lipinski definition) is 3. The Morgan fingerprint density at radius 1 is 1.36 bits per heavy atom. The summed E-state index contributed by atoms with van der Waals surface area (Å²) >= 11 is 0. The molecule has 22 heavy (non-hydrogen) atoms. The Hall–Kier alpha value is -1.39. The van der Waals surface area contributed by atoms with Gasteiger partial charge in [0, 0.05) is 26.1 Å². The first-order valence-corrected chi connectivity index (χ1v) is 8.23. The lowest BCUT2D eigenvalue weighted by atomic mass is 9.98. The quantitative estimate of drug-likeness (QED) is 0.930. The van der Waals surface area contributed by atoms with E-state index in [4.69, 9.17) is 4.74 Å². The molecule has 1 fully saturated rings. The molecule has 0 radical (unpaired) electrons. The highest BCUT2D eigenvalue weighted by atomic mass is 16.5. The lowest BCUT2D eigenvalue weighted by Crippen LogP contribution is -2.26. The topological polar surface area (TPSA) is 49.8 Å². The minimum atomic E-state index is -0.562. The Morgan fingerprint density at radius 2 is 2.14 bits per heavy atom. The first kappa shape index (κ1) is 15.5. The van der Waals surface area contributed by atoms with E-state index in [2.05, 4.69) is 13.8 Å². The molecule has 2 heterocycles. The van der Waals surface area contributed by atoms with Gasteiger partial charge in [0.2, 0.25) is 5.91 Å². The van der Waals surface area contributed by atoms with Crippen LogP contribution in [0.1, 0.15) is 55.9 Å². The van der Waals surface area contributed by atoms with Gasteiger partial charge in [0.25, 0.3) is 0 Å². The Morgan fingerprint density at radius 3 is 2.82 bits per heavy atom. The number of carbonyl (C=O) groups is 1. The van der Waals surface area contributed by atoms with Crippen molar-refractivity contribution >= 4 is 5.91 Å². The molecule has 1 saturated heterocycles. The van der Waals surface area contributed by atoms with Crippen LogP contribution in [0.25, 0.3) is 0 Å². The molecule has 2 aliphatic rings. The molecule has 3 rings (SSSR count). The van der Waals surface area contributed by atoms with Gasteiger partial charge in [0.05, 0.1) is 6.10 Å². The molecule has 2 unspecified atom stereocenters. The number of amides is 1. The summed E-state index contributed by atoms with van der Waals surface area (Å²) in [6.45, 7) is 6.22. The molecular weight excluding hydrogens is 278 g/mol. The molecule has 120 valence electrons. The van der Waals surface area contributed by atoms with Gasteiger partial charge in [-0.1, -0.05) is 32.0 Å². The first-order chi connectivity index (χ1) is 10.5. The fraction of sp³-hybridized carbons (Fsp3) is 0.611. The van der Waals surface area contributed by atoms with Crippen LogP contribution in [0.5, 0.6) is 0 Å². The summed E-state index contributed by atoms with van der Waals surface area (Å²) in [4.78, 5) is 14.1. The van der Waals surface area contributed by atoms with Gasteiger partial charge in [-0.25, -0.2) is 0 Å². The summed E-state index contributed by atoms with van der Waals surface area (Å²) in [7, 11) is 0. The van der Waals surface area contributed by atoms with Crippen molar-refractivity contribution in [3.63, 3.8) is 0 Å². The van der Waals surface area contributed by atoms with Crippen molar-refractivity contribution < 1.29 is 14.6 Å². The molecule has 0 aromatic heterocycles. The number of ether oxygens (including phenoxy) is 1. The largest absolute Gasteiger partial charge is 0.386 e. The molecule has 4 heteroatoms. The number of aliphatic hydroxyl groups excluding tert-OH is 1. The molecule has 1 N–H and O–H groups in total. The smallest absolute Gasteiger partial charge is 0.223 e. The lowest BCUT2D eigenvalue weighted by Gasteiger charge is -2.18. The van der Waals surface area contributed by atoms with E-state index in [-0.39, 0.29) is 12.0 Å². The fourth-order valence-electron chi connectivity index (χ4n) is 3.32. The second-order valence-corrected chi connectivity index (χ2v) is 6.87. The van der Waals surface area contributed by atoms with Gasteiger partial charge in [-0.3, -0.25) is 4.79 Å². The van der Waals surface area contributed by atoms with Gasteiger partial charge in [0.1, 0.15) is 6.10 Å². The van der Waals surface area contributed by atoms with Gasteiger partial charge < -0.3 is 14.7 Å². The van der Waals surface area contributed by atoms with Crippen LogP contribution in [0.15, 0.2) is 18.2 Å². The number of rotatable bonds is 4. The zero-order chi connectivity index (χ0) is 15.7. The lowest BCUT2D eigenvalue weighted by molar-refractivity contribution is -0.132. The van der Waals surface area contributed by atoms with Crippen LogP contribution in [0.2, 0.25) is 0 Å². The number of benzene rings is 1. The molecule has 0 spiro atoms. The Bertz CT molecular complexity index is 549. The van der Waals surface area contributed by atoms with E-state index in [1.807, 2.05) is 23.1 Å². The third-order valence-corrected chi connectivity index (χ3v) is 4.55. The highest BCUT2D eigenvalue weighted by Crippen LogP contribution is 2.31. The zero-order valence-corrected chi connectivity index (χ0v) is 13.4. The second kappa shape index (κ2) is 6.39. The zero-order valence-electron chi connectivity index (χ0n) is 13.4.